The number of benzene rings is 1. The van der Waals surface area contributed by atoms with Gasteiger partial charge in [-0.2, -0.15) is 21.6 Å². The summed E-state index contributed by atoms with van der Waals surface area (Å²) in [6.07, 6.45) is 2.23. The molecule has 118 valence electrons. The number of alkyl halides is 3. The number of hydrogen-bond acceptors (Lipinski definition) is 6. The summed E-state index contributed by atoms with van der Waals surface area (Å²) in [4.78, 5) is 7.33. The maximum Gasteiger partial charge on any atom is 0.534 e. The molecule has 22 heavy (non-hydrogen) atoms. The van der Waals surface area contributed by atoms with E-state index in [4.69, 9.17) is 5.73 Å². The van der Waals surface area contributed by atoms with Crippen molar-refractivity contribution in [2.24, 2.45) is 5.73 Å². The van der Waals surface area contributed by atoms with E-state index < -0.39 is 21.5 Å². The van der Waals surface area contributed by atoms with Crippen LogP contribution in [0.15, 0.2) is 36.7 Å². The standard InChI is InChI=1S/C12H10F3N3O3S/c13-12(14,15)22(19,20)21-11-10(17-5-6-18-11)9-3-1-8(7-16)2-4-9/h1-6H,7,16H2. The highest BCUT2D eigenvalue weighted by Gasteiger charge is 2.49. The largest absolute Gasteiger partial charge is 0.534 e. The van der Waals surface area contributed by atoms with Gasteiger partial charge in [-0.25, -0.2) is 9.97 Å². The van der Waals surface area contributed by atoms with E-state index >= 15 is 0 Å². The van der Waals surface area contributed by atoms with E-state index in [1.54, 1.807) is 12.1 Å². The summed E-state index contributed by atoms with van der Waals surface area (Å²) < 4.78 is 63.3. The third-order valence-electron chi connectivity index (χ3n) is 2.60. The predicted octanol–water partition coefficient (Wildman–Crippen LogP) is 1.83. The molecule has 0 fully saturated rings. The fourth-order valence-electron chi connectivity index (χ4n) is 1.53. The van der Waals surface area contributed by atoms with Crippen LogP contribution in [-0.2, 0) is 16.7 Å². The monoisotopic (exact) mass is 333 g/mol. The van der Waals surface area contributed by atoms with Crippen molar-refractivity contribution in [3.63, 3.8) is 0 Å². The van der Waals surface area contributed by atoms with Crippen LogP contribution in [0.25, 0.3) is 11.3 Å². The summed E-state index contributed by atoms with van der Waals surface area (Å²) in [5, 5.41) is 0. The van der Waals surface area contributed by atoms with E-state index in [0.29, 0.717) is 5.56 Å². The molecular weight excluding hydrogens is 323 g/mol. The smallest absolute Gasteiger partial charge is 0.353 e. The first-order valence-electron chi connectivity index (χ1n) is 5.86. The van der Waals surface area contributed by atoms with Gasteiger partial charge in [-0.05, 0) is 5.56 Å². The number of rotatable bonds is 4. The molecule has 0 aliphatic heterocycles. The summed E-state index contributed by atoms with van der Waals surface area (Å²) in [6.45, 7) is 0.284. The summed E-state index contributed by atoms with van der Waals surface area (Å²) in [5.41, 5.74) is 0.901. The molecule has 1 aromatic heterocycles. The average molecular weight is 333 g/mol. The molecule has 1 aromatic carbocycles. The Labute approximate surface area is 123 Å². The van der Waals surface area contributed by atoms with Gasteiger partial charge in [-0.1, -0.05) is 24.3 Å². The van der Waals surface area contributed by atoms with Crippen molar-refractivity contribution in [2.75, 3.05) is 0 Å². The predicted molar refractivity (Wildman–Crippen MR) is 71.0 cm³/mol. The number of hydrogen-bond donors (Lipinski definition) is 1. The first kappa shape index (κ1) is 16.2. The van der Waals surface area contributed by atoms with Gasteiger partial charge in [0.2, 0.25) is 0 Å². The van der Waals surface area contributed by atoms with Crippen molar-refractivity contribution in [2.45, 2.75) is 12.1 Å². The van der Waals surface area contributed by atoms with Crippen LogP contribution in [0.3, 0.4) is 0 Å². The molecule has 0 radical (unpaired) electrons. The zero-order valence-electron chi connectivity index (χ0n) is 10.9. The second-order valence-corrected chi connectivity index (χ2v) is 5.63. The molecule has 6 nitrogen and oxygen atoms in total. The summed E-state index contributed by atoms with van der Waals surface area (Å²) in [7, 11) is -5.82. The minimum absolute atomic E-state index is 0.126. The fraction of sp³-hybridized carbons (Fsp3) is 0.167. The lowest BCUT2D eigenvalue weighted by atomic mass is 10.1. The third-order valence-corrected chi connectivity index (χ3v) is 3.54. The van der Waals surface area contributed by atoms with Crippen LogP contribution in [0.5, 0.6) is 5.88 Å². The van der Waals surface area contributed by atoms with Crippen molar-refractivity contribution < 1.29 is 25.8 Å². The highest BCUT2D eigenvalue weighted by molar-refractivity contribution is 7.88. The normalized spacial score (nSPS) is 12.2. The van der Waals surface area contributed by atoms with Gasteiger partial charge in [0.25, 0.3) is 5.88 Å². The second-order valence-electron chi connectivity index (χ2n) is 4.09. The molecule has 0 atom stereocenters. The Bertz CT molecular complexity index is 761. The molecule has 0 amide bonds. The van der Waals surface area contributed by atoms with Gasteiger partial charge in [0, 0.05) is 24.5 Å². The SMILES string of the molecule is NCc1ccc(-c2nccnc2OS(=O)(=O)C(F)(F)F)cc1. The van der Waals surface area contributed by atoms with E-state index in [9.17, 15) is 21.6 Å². The van der Waals surface area contributed by atoms with E-state index in [0.717, 1.165) is 11.8 Å². The van der Waals surface area contributed by atoms with Gasteiger partial charge < -0.3 is 9.92 Å². The zero-order valence-corrected chi connectivity index (χ0v) is 11.7. The zero-order chi connectivity index (χ0) is 16.4. The Hall–Kier alpha value is -2.20. The Morgan fingerprint density at radius 3 is 2.23 bits per heavy atom. The average Bonchev–Trinajstić information content (AvgIpc) is 2.46. The third kappa shape index (κ3) is 3.34. The van der Waals surface area contributed by atoms with Crippen LogP contribution in [0.4, 0.5) is 13.2 Å². The Morgan fingerprint density at radius 2 is 1.68 bits per heavy atom. The lowest BCUT2D eigenvalue weighted by Crippen LogP contribution is -2.28. The second kappa shape index (κ2) is 5.89. The van der Waals surface area contributed by atoms with Crippen LogP contribution in [0, 0.1) is 0 Å². The molecule has 0 unspecified atom stereocenters. The summed E-state index contributed by atoms with van der Waals surface area (Å²) in [5.74, 6) is -0.750. The number of aromatic nitrogens is 2. The van der Waals surface area contributed by atoms with Gasteiger partial charge in [0.05, 0.1) is 0 Å². The number of nitrogens with zero attached hydrogens (tertiary/aromatic N) is 2. The van der Waals surface area contributed by atoms with Crippen LogP contribution in [0.1, 0.15) is 5.56 Å². The molecule has 2 rings (SSSR count). The molecule has 0 saturated carbocycles. The van der Waals surface area contributed by atoms with Crippen LogP contribution in [0.2, 0.25) is 0 Å². The molecule has 2 N–H and O–H groups in total. The Balaban J connectivity index is 2.43. The maximum atomic E-state index is 12.4. The van der Waals surface area contributed by atoms with Crippen LogP contribution >= 0.6 is 0 Å². The molecule has 0 aliphatic carbocycles. The molecule has 0 saturated heterocycles. The maximum absolute atomic E-state index is 12.4. The van der Waals surface area contributed by atoms with Crippen LogP contribution < -0.4 is 9.92 Å². The van der Waals surface area contributed by atoms with Crippen molar-refractivity contribution in [3.8, 4) is 17.1 Å². The number of halogens is 3. The van der Waals surface area contributed by atoms with Gasteiger partial charge in [0.15, 0.2) is 0 Å². The van der Waals surface area contributed by atoms with Crippen molar-refractivity contribution in [3.05, 3.63) is 42.2 Å². The quantitative estimate of drug-likeness (QED) is 0.677. The van der Waals surface area contributed by atoms with Crippen molar-refractivity contribution in [1.82, 2.24) is 9.97 Å². The van der Waals surface area contributed by atoms with Gasteiger partial charge in [-0.3, -0.25) is 0 Å². The van der Waals surface area contributed by atoms with E-state index in [1.165, 1.54) is 18.3 Å². The lowest BCUT2D eigenvalue weighted by molar-refractivity contribution is -0.0501. The van der Waals surface area contributed by atoms with E-state index in [2.05, 4.69) is 14.2 Å². The molecule has 0 bridgehead atoms. The lowest BCUT2D eigenvalue weighted by Gasteiger charge is -2.11. The topological polar surface area (TPSA) is 95.2 Å². The molecule has 10 heteroatoms. The molecule has 2 aromatic rings. The van der Waals surface area contributed by atoms with Crippen molar-refractivity contribution in [1.29, 1.82) is 0 Å². The molecular formula is C12H10F3N3O3S. The molecule has 0 aliphatic rings. The summed E-state index contributed by atoms with van der Waals surface area (Å²) >= 11 is 0. The highest BCUT2D eigenvalue weighted by atomic mass is 32.2. The first-order chi connectivity index (χ1) is 10.2. The minimum Gasteiger partial charge on any atom is -0.353 e. The minimum atomic E-state index is -5.82. The van der Waals surface area contributed by atoms with E-state index in [-0.39, 0.29) is 12.2 Å². The van der Waals surface area contributed by atoms with Crippen LogP contribution in [-0.4, -0.2) is 23.9 Å². The van der Waals surface area contributed by atoms with Crippen molar-refractivity contribution >= 4 is 10.1 Å². The van der Waals surface area contributed by atoms with E-state index in [1.807, 2.05) is 0 Å². The van der Waals surface area contributed by atoms with Gasteiger partial charge in [-0.15, -0.1) is 0 Å². The Kier molecular flexibility index (Phi) is 4.33. The molecule has 1 heterocycles. The molecule has 0 spiro atoms. The fourth-order valence-corrected chi connectivity index (χ4v) is 1.96. The van der Waals surface area contributed by atoms with Gasteiger partial charge in [0.1, 0.15) is 5.69 Å². The first-order valence-corrected chi connectivity index (χ1v) is 7.26. The highest BCUT2D eigenvalue weighted by Crippen LogP contribution is 2.31. The Morgan fingerprint density at radius 1 is 1.09 bits per heavy atom. The number of nitrogens with two attached hydrogens (primary N) is 1. The van der Waals surface area contributed by atoms with Gasteiger partial charge >= 0.3 is 15.6 Å². The summed E-state index contributed by atoms with van der Waals surface area (Å²) in [6, 6.07) is 6.32.